The summed E-state index contributed by atoms with van der Waals surface area (Å²) in [5.41, 5.74) is 5.32. The highest BCUT2D eigenvalue weighted by Crippen LogP contribution is 2.20. The Morgan fingerprint density at radius 1 is 1.32 bits per heavy atom. The second kappa shape index (κ2) is 5.61. The number of carbonyl (C=O) groups is 1. The molecular weight excluding hydrogens is 238 g/mol. The van der Waals surface area contributed by atoms with Crippen molar-refractivity contribution in [2.45, 2.75) is 38.1 Å². The first-order valence-corrected chi connectivity index (χ1v) is 7.20. The fraction of sp³-hybridized carbons (Fsp3) is 0.533. The Labute approximate surface area is 114 Å². The first kappa shape index (κ1) is 12.5. The lowest BCUT2D eigenvalue weighted by Crippen LogP contribution is -2.36. The predicted octanol–water partition coefficient (Wildman–Crippen LogP) is 1.61. The van der Waals surface area contributed by atoms with Crippen molar-refractivity contribution in [3.63, 3.8) is 0 Å². The topological polar surface area (TPSA) is 44.4 Å². The van der Waals surface area contributed by atoms with Crippen LogP contribution in [0, 0.1) is 0 Å². The van der Waals surface area contributed by atoms with E-state index in [1.54, 1.807) is 0 Å². The number of amides is 1. The molecule has 102 valence electrons. The molecule has 0 spiro atoms. The second-order valence-electron chi connectivity index (χ2n) is 5.46. The number of hydrogen-bond acceptors (Lipinski definition) is 3. The van der Waals surface area contributed by atoms with Crippen LogP contribution in [0.15, 0.2) is 24.3 Å². The summed E-state index contributed by atoms with van der Waals surface area (Å²) >= 11 is 0. The minimum Gasteiger partial charge on any atom is -0.314 e. The minimum absolute atomic E-state index is 0.111. The predicted molar refractivity (Wildman–Crippen MR) is 75.9 cm³/mol. The summed E-state index contributed by atoms with van der Waals surface area (Å²) in [6.45, 7) is 1.91. The molecule has 2 fully saturated rings. The van der Waals surface area contributed by atoms with Crippen molar-refractivity contribution in [2.75, 3.05) is 18.1 Å². The highest BCUT2D eigenvalue weighted by Gasteiger charge is 2.19. The molecule has 3 rings (SSSR count). The van der Waals surface area contributed by atoms with Crippen molar-refractivity contribution in [3.8, 4) is 0 Å². The van der Waals surface area contributed by atoms with Crippen molar-refractivity contribution >= 4 is 11.6 Å². The summed E-state index contributed by atoms with van der Waals surface area (Å²) in [6.07, 6.45) is 5.57. The number of carbonyl (C=O) groups excluding carboxylic acids is 1. The molecule has 4 heteroatoms. The first-order chi connectivity index (χ1) is 9.31. The zero-order chi connectivity index (χ0) is 13.1. The van der Waals surface area contributed by atoms with Gasteiger partial charge >= 0.3 is 0 Å². The Hall–Kier alpha value is -1.55. The maximum atomic E-state index is 11.3. The molecule has 0 aliphatic carbocycles. The van der Waals surface area contributed by atoms with Gasteiger partial charge in [-0.2, -0.15) is 0 Å². The van der Waals surface area contributed by atoms with E-state index in [4.69, 9.17) is 0 Å². The highest BCUT2D eigenvalue weighted by atomic mass is 16.2. The first-order valence-electron chi connectivity index (χ1n) is 7.20. The lowest BCUT2D eigenvalue weighted by molar-refractivity contribution is -0.119. The van der Waals surface area contributed by atoms with Gasteiger partial charge in [-0.3, -0.25) is 15.2 Å². The Bertz CT molecular complexity index is 454. The summed E-state index contributed by atoms with van der Waals surface area (Å²) in [5.74, 6) is 0.111. The maximum absolute atomic E-state index is 11.3. The van der Waals surface area contributed by atoms with E-state index in [9.17, 15) is 4.79 Å². The minimum atomic E-state index is 0.111. The summed E-state index contributed by atoms with van der Waals surface area (Å²) in [6, 6.07) is 9.12. The molecule has 19 heavy (non-hydrogen) atoms. The second-order valence-corrected chi connectivity index (χ2v) is 5.46. The standard InChI is InChI=1S/C15H21N3O/c19-15-7-9-18(17-15)14-6-3-4-12(11-14)10-13-5-1-2-8-16-13/h3-4,6,11,13,16H,1-2,5,7-10H2,(H,17,19). The van der Waals surface area contributed by atoms with Crippen molar-refractivity contribution in [3.05, 3.63) is 29.8 Å². The van der Waals surface area contributed by atoms with Gasteiger partial charge in [0.2, 0.25) is 5.91 Å². The molecule has 0 aromatic heterocycles. The number of anilines is 1. The van der Waals surface area contributed by atoms with E-state index in [1.807, 2.05) is 5.01 Å². The smallest absolute Gasteiger partial charge is 0.240 e. The fourth-order valence-corrected chi connectivity index (χ4v) is 2.90. The van der Waals surface area contributed by atoms with Gasteiger partial charge in [0.1, 0.15) is 0 Å². The van der Waals surface area contributed by atoms with Gasteiger partial charge in [-0.05, 0) is 43.5 Å². The van der Waals surface area contributed by atoms with Crippen LogP contribution in [0.25, 0.3) is 0 Å². The van der Waals surface area contributed by atoms with E-state index in [0.29, 0.717) is 12.5 Å². The molecule has 1 atom stereocenters. The van der Waals surface area contributed by atoms with Crippen LogP contribution < -0.4 is 15.8 Å². The summed E-state index contributed by atoms with van der Waals surface area (Å²) in [4.78, 5) is 11.3. The van der Waals surface area contributed by atoms with Gasteiger partial charge in [-0.1, -0.05) is 18.6 Å². The number of benzene rings is 1. The van der Waals surface area contributed by atoms with Gasteiger partial charge in [-0.15, -0.1) is 0 Å². The van der Waals surface area contributed by atoms with Gasteiger partial charge in [0.25, 0.3) is 0 Å². The maximum Gasteiger partial charge on any atom is 0.240 e. The monoisotopic (exact) mass is 259 g/mol. The highest BCUT2D eigenvalue weighted by molar-refractivity contribution is 5.81. The van der Waals surface area contributed by atoms with E-state index in [2.05, 4.69) is 35.0 Å². The molecule has 1 aromatic rings. The zero-order valence-corrected chi connectivity index (χ0v) is 11.2. The van der Waals surface area contributed by atoms with Gasteiger partial charge in [0, 0.05) is 19.0 Å². The van der Waals surface area contributed by atoms with E-state index in [-0.39, 0.29) is 5.91 Å². The van der Waals surface area contributed by atoms with Crippen LogP contribution in [0.1, 0.15) is 31.2 Å². The van der Waals surface area contributed by atoms with E-state index < -0.39 is 0 Å². The van der Waals surface area contributed by atoms with Crippen molar-refractivity contribution < 1.29 is 4.79 Å². The molecule has 1 unspecified atom stereocenters. The van der Waals surface area contributed by atoms with Gasteiger partial charge in [-0.25, -0.2) is 0 Å². The Balaban J connectivity index is 1.67. The molecule has 2 aliphatic rings. The average Bonchev–Trinajstić information content (AvgIpc) is 2.87. The van der Waals surface area contributed by atoms with Gasteiger partial charge in [0.15, 0.2) is 0 Å². The molecule has 1 amide bonds. The average molecular weight is 259 g/mol. The molecule has 2 saturated heterocycles. The van der Waals surface area contributed by atoms with Crippen molar-refractivity contribution in [1.82, 2.24) is 10.7 Å². The van der Waals surface area contributed by atoms with Crippen LogP contribution in [0.2, 0.25) is 0 Å². The molecular formula is C15H21N3O. The van der Waals surface area contributed by atoms with Gasteiger partial charge < -0.3 is 5.32 Å². The third kappa shape index (κ3) is 3.07. The molecule has 0 bridgehead atoms. The zero-order valence-electron chi connectivity index (χ0n) is 11.2. The number of hydrogen-bond donors (Lipinski definition) is 2. The van der Waals surface area contributed by atoms with Crippen molar-refractivity contribution in [2.24, 2.45) is 0 Å². The van der Waals surface area contributed by atoms with Crippen LogP contribution in [0.3, 0.4) is 0 Å². The fourth-order valence-electron chi connectivity index (χ4n) is 2.90. The third-order valence-corrected chi connectivity index (χ3v) is 3.94. The molecule has 2 heterocycles. The van der Waals surface area contributed by atoms with Gasteiger partial charge in [0.05, 0.1) is 5.69 Å². The van der Waals surface area contributed by atoms with Crippen LogP contribution in [-0.2, 0) is 11.2 Å². The Morgan fingerprint density at radius 3 is 3.00 bits per heavy atom. The van der Waals surface area contributed by atoms with Crippen LogP contribution in [0.4, 0.5) is 5.69 Å². The number of nitrogens with zero attached hydrogens (tertiary/aromatic N) is 1. The van der Waals surface area contributed by atoms with E-state index >= 15 is 0 Å². The summed E-state index contributed by atoms with van der Waals surface area (Å²) in [5, 5.41) is 5.52. The molecule has 0 saturated carbocycles. The van der Waals surface area contributed by atoms with Crippen LogP contribution in [-0.4, -0.2) is 25.0 Å². The number of nitrogens with one attached hydrogen (secondary N) is 2. The van der Waals surface area contributed by atoms with E-state index in [0.717, 1.165) is 25.2 Å². The summed E-state index contributed by atoms with van der Waals surface area (Å²) in [7, 11) is 0. The van der Waals surface area contributed by atoms with E-state index in [1.165, 1.54) is 24.8 Å². The lowest BCUT2D eigenvalue weighted by atomic mass is 9.97. The molecule has 2 N–H and O–H groups in total. The molecule has 1 aromatic carbocycles. The number of rotatable bonds is 3. The molecule has 2 aliphatic heterocycles. The largest absolute Gasteiger partial charge is 0.314 e. The lowest BCUT2D eigenvalue weighted by Gasteiger charge is -2.24. The van der Waals surface area contributed by atoms with Crippen LogP contribution in [0.5, 0.6) is 0 Å². The molecule has 4 nitrogen and oxygen atoms in total. The summed E-state index contributed by atoms with van der Waals surface area (Å²) < 4.78 is 0. The third-order valence-electron chi connectivity index (χ3n) is 3.94. The Kier molecular flexibility index (Phi) is 3.69. The quantitative estimate of drug-likeness (QED) is 0.867. The normalized spacial score (nSPS) is 23.5. The number of hydrazine groups is 1. The SMILES string of the molecule is O=C1CCN(c2cccc(CC3CCCCN3)c2)N1. The Morgan fingerprint density at radius 2 is 2.26 bits per heavy atom. The number of piperidine rings is 1. The van der Waals surface area contributed by atoms with Crippen LogP contribution >= 0.6 is 0 Å². The molecule has 0 radical (unpaired) electrons. The van der Waals surface area contributed by atoms with Crippen molar-refractivity contribution in [1.29, 1.82) is 0 Å².